The summed E-state index contributed by atoms with van der Waals surface area (Å²) in [4.78, 5) is 57.9. The van der Waals surface area contributed by atoms with E-state index in [4.69, 9.17) is 23.7 Å². The van der Waals surface area contributed by atoms with Crippen LogP contribution in [0.1, 0.15) is 112 Å². The minimum Gasteiger partial charge on any atom is -0.488 e. The molecule has 4 N–H and O–H groups in total. The van der Waals surface area contributed by atoms with Gasteiger partial charge in [-0.2, -0.15) is 0 Å². The molecule has 4 heterocycles. The van der Waals surface area contributed by atoms with Crippen molar-refractivity contribution in [3.05, 3.63) is 53.8 Å². The Balaban J connectivity index is 1.28. The molecule has 1 unspecified atom stereocenters. The summed E-state index contributed by atoms with van der Waals surface area (Å²) in [7, 11) is 3.13. The van der Waals surface area contributed by atoms with Crippen LogP contribution in [-0.4, -0.2) is 135 Å². The molecule has 0 spiro atoms. The van der Waals surface area contributed by atoms with Gasteiger partial charge >= 0.3 is 5.97 Å². The first-order valence-electron chi connectivity index (χ1n) is 24.5. The van der Waals surface area contributed by atoms with Gasteiger partial charge in [0.1, 0.15) is 36.2 Å². The topological polar surface area (TPSA) is 204 Å². The summed E-state index contributed by atoms with van der Waals surface area (Å²) in [6.07, 6.45) is 5.11. The number of amides is 1. The number of ketones is 2. The van der Waals surface area contributed by atoms with Gasteiger partial charge in [-0.15, -0.1) is 0 Å². The quantitative estimate of drug-likeness (QED) is 0.133. The van der Waals surface area contributed by atoms with Crippen LogP contribution in [0.3, 0.4) is 0 Å². The predicted octanol–water partition coefficient (Wildman–Crippen LogP) is 5.85. The highest BCUT2D eigenvalue weighted by molar-refractivity contribution is 6.39. The number of carbonyl (C=O) groups excluding carboxylic acids is 4. The Morgan fingerprint density at radius 2 is 1.69 bits per heavy atom. The number of aromatic nitrogens is 1. The Morgan fingerprint density at radius 3 is 2.39 bits per heavy atom. The molecule has 1 aliphatic carbocycles. The second kappa shape index (κ2) is 23.1. The number of benzene rings is 1. The van der Waals surface area contributed by atoms with Gasteiger partial charge in [-0.25, -0.2) is 4.79 Å². The predicted molar refractivity (Wildman–Crippen MR) is 251 cm³/mol. The number of methoxy groups -OCH3 is 2. The number of cyclic esters (lactones) is 1. The first-order valence-corrected chi connectivity index (χ1v) is 24.5. The van der Waals surface area contributed by atoms with Gasteiger partial charge in [0.25, 0.3) is 11.7 Å². The van der Waals surface area contributed by atoms with Crippen LogP contribution < -0.4 is 4.74 Å². The minimum absolute atomic E-state index is 0.0197. The van der Waals surface area contributed by atoms with E-state index in [1.165, 1.54) is 7.11 Å². The third-order valence-electron chi connectivity index (χ3n) is 15.0. The fourth-order valence-electron chi connectivity index (χ4n) is 11.0. The number of carbonyl (C=O) groups is 4. The van der Waals surface area contributed by atoms with Gasteiger partial charge < -0.3 is 53.6 Å². The van der Waals surface area contributed by atoms with Crippen molar-refractivity contribution in [2.24, 2.45) is 29.6 Å². The van der Waals surface area contributed by atoms with E-state index in [2.05, 4.69) is 6.08 Å². The van der Waals surface area contributed by atoms with Crippen LogP contribution >= 0.6 is 0 Å². The Bertz CT molecular complexity index is 2100. The SMILES string of the molecule is CC[C@@H]1/C=C(/C)C[C@H](C)C[C@H](OC)C(O)[C@@H]2C[C@@H](C)[C@@](O)(O2)C(=O)C(=O)N2CCCC[C@H]2C(=O)O[C@H](/C(C)=C/[C@@H]2CC[C@@H](Oc3ccc4ccn(CCO)c4c3)[C@H](OC)C2)[C@H](C)[C@@H](O)C(=O)C1. The highest BCUT2D eigenvalue weighted by Crippen LogP contribution is 2.40. The van der Waals surface area contributed by atoms with E-state index < -0.39 is 71.8 Å². The smallest absolute Gasteiger partial charge is 0.329 e. The van der Waals surface area contributed by atoms with Gasteiger partial charge in [-0.3, -0.25) is 14.4 Å². The lowest BCUT2D eigenvalue weighted by atomic mass is 9.81. The molecule has 0 radical (unpaired) electrons. The molecule has 3 aliphatic heterocycles. The lowest BCUT2D eigenvalue weighted by Gasteiger charge is -2.38. The second-order valence-corrected chi connectivity index (χ2v) is 20.0. The summed E-state index contributed by atoms with van der Waals surface area (Å²) in [5.41, 5.74) is 2.62. The number of Topliss-reactive ketones (excluding diaryl/α,β-unsaturated/α-hetero) is 2. The Hall–Kier alpha value is -3.96. The number of hydrogen-bond donors (Lipinski definition) is 4. The van der Waals surface area contributed by atoms with Crippen molar-refractivity contribution >= 4 is 34.3 Å². The zero-order chi connectivity index (χ0) is 48.7. The van der Waals surface area contributed by atoms with Crippen molar-refractivity contribution in [2.45, 2.75) is 173 Å². The molecule has 1 saturated carbocycles. The average molecular weight is 937 g/mol. The molecule has 14 atom stereocenters. The first-order chi connectivity index (χ1) is 31.9. The van der Waals surface area contributed by atoms with Crippen LogP contribution in [0.15, 0.2) is 53.8 Å². The third-order valence-corrected chi connectivity index (χ3v) is 15.0. The molecular formula is C52H76N2O13. The molecule has 2 bridgehead atoms. The lowest BCUT2D eigenvalue weighted by molar-refractivity contribution is -0.225. The van der Waals surface area contributed by atoms with Crippen LogP contribution in [0.5, 0.6) is 5.75 Å². The van der Waals surface area contributed by atoms with E-state index in [0.717, 1.165) is 21.4 Å². The normalized spacial score (nSPS) is 36.7. The fourth-order valence-corrected chi connectivity index (χ4v) is 11.0. The molecule has 15 heteroatoms. The number of allylic oxidation sites excluding steroid dienone is 3. The number of piperidine rings is 1. The second-order valence-electron chi connectivity index (χ2n) is 20.0. The molecule has 372 valence electrons. The van der Waals surface area contributed by atoms with Crippen molar-refractivity contribution in [2.75, 3.05) is 27.4 Å². The zero-order valence-corrected chi connectivity index (χ0v) is 40.8. The number of aliphatic hydroxyl groups excluding tert-OH is 3. The summed E-state index contributed by atoms with van der Waals surface area (Å²) in [6.45, 7) is 11.7. The Labute approximate surface area is 395 Å². The summed E-state index contributed by atoms with van der Waals surface area (Å²) in [5.74, 6) is -7.25. The minimum atomic E-state index is -2.55. The number of aliphatic hydroxyl groups is 4. The van der Waals surface area contributed by atoms with Crippen LogP contribution in [0.4, 0.5) is 0 Å². The molecule has 6 rings (SSSR count). The van der Waals surface area contributed by atoms with Gasteiger partial charge in [0.15, 0.2) is 5.78 Å². The molecule has 4 aliphatic rings. The van der Waals surface area contributed by atoms with Crippen LogP contribution in [0, 0.1) is 29.6 Å². The summed E-state index contributed by atoms with van der Waals surface area (Å²) in [5, 5.41) is 45.7. The van der Waals surface area contributed by atoms with Crippen LogP contribution in [0.25, 0.3) is 10.9 Å². The summed E-state index contributed by atoms with van der Waals surface area (Å²) >= 11 is 0. The summed E-state index contributed by atoms with van der Waals surface area (Å²) in [6, 6.07) is 6.71. The van der Waals surface area contributed by atoms with Crippen molar-refractivity contribution < 1.29 is 63.3 Å². The first kappa shape index (κ1) is 52.4. The Kier molecular flexibility index (Phi) is 18.1. The molecule has 67 heavy (non-hydrogen) atoms. The number of fused-ring (bicyclic) bond motifs is 4. The molecule has 1 aromatic carbocycles. The Morgan fingerprint density at radius 1 is 0.940 bits per heavy atom. The van der Waals surface area contributed by atoms with E-state index in [-0.39, 0.29) is 68.2 Å². The standard InChI is InChI=1S/C52H76N2O13/c1-9-35-23-30(2)22-31(3)24-44(64-8)47(58)45-26-33(5)52(62,67-45)49(59)50(60)54-18-11-10-12-39(54)51(61)66-48(34(6)46(57)41(56)27-35)32(4)25-36-13-16-42(43(28-36)63-7)65-38-15-14-37-17-19-53(20-21-55)40(37)29-38/h14-15,17,19,23,25,29,31,33-36,39,42-48,55,57-58,62H,9-13,16,18,20-22,24,26-28H2,1-8H3/b30-23-,32-25+/t31-,33+,34+,35+,36-,39-,42+,43+,44-,45-,46+,47?,48+,52+/m0/s1. The maximum atomic E-state index is 14.5. The largest absolute Gasteiger partial charge is 0.488 e. The highest BCUT2D eigenvalue weighted by atomic mass is 16.7. The van der Waals surface area contributed by atoms with E-state index in [9.17, 15) is 39.6 Å². The lowest BCUT2D eigenvalue weighted by Crippen LogP contribution is -2.58. The molecule has 15 nitrogen and oxygen atoms in total. The summed E-state index contributed by atoms with van der Waals surface area (Å²) < 4.78 is 32.5. The van der Waals surface area contributed by atoms with Crippen molar-refractivity contribution in [1.82, 2.24) is 9.47 Å². The van der Waals surface area contributed by atoms with Crippen molar-refractivity contribution in [3.63, 3.8) is 0 Å². The fraction of sp³-hybridized carbons (Fsp3) is 0.692. The van der Waals surface area contributed by atoms with Crippen molar-refractivity contribution in [3.8, 4) is 5.75 Å². The molecular weight excluding hydrogens is 861 g/mol. The van der Waals surface area contributed by atoms with E-state index >= 15 is 0 Å². The number of nitrogens with zero attached hydrogens (tertiary/aromatic N) is 2. The van der Waals surface area contributed by atoms with E-state index in [0.29, 0.717) is 69.2 Å². The maximum Gasteiger partial charge on any atom is 0.329 e. The monoisotopic (exact) mass is 937 g/mol. The molecule has 3 fully saturated rings. The number of esters is 1. The van der Waals surface area contributed by atoms with Gasteiger partial charge in [0, 0.05) is 57.8 Å². The molecule has 1 aromatic heterocycles. The van der Waals surface area contributed by atoms with Gasteiger partial charge in [-0.05, 0) is 125 Å². The number of ether oxygens (including phenoxy) is 5. The van der Waals surface area contributed by atoms with Gasteiger partial charge in [0.05, 0.1) is 30.4 Å². The number of hydrogen-bond acceptors (Lipinski definition) is 13. The van der Waals surface area contributed by atoms with Crippen LogP contribution in [-0.2, 0) is 44.7 Å². The molecule has 2 aromatic rings. The van der Waals surface area contributed by atoms with Crippen molar-refractivity contribution in [1.29, 1.82) is 0 Å². The molecule has 2 saturated heterocycles. The number of rotatable bonds is 9. The zero-order valence-electron chi connectivity index (χ0n) is 40.8. The van der Waals surface area contributed by atoms with Crippen LogP contribution in [0.2, 0.25) is 0 Å². The molecule has 1 amide bonds. The average Bonchev–Trinajstić information content (AvgIpc) is 3.87. The van der Waals surface area contributed by atoms with Gasteiger partial charge in [0.2, 0.25) is 5.79 Å². The van der Waals surface area contributed by atoms with E-state index in [1.807, 2.05) is 68.8 Å². The van der Waals surface area contributed by atoms with Gasteiger partial charge in [-0.1, -0.05) is 45.4 Å². The highest BCUT2D eigenvalue weighted by Gasteiger charge is 2.57. The third kappa shape index (κ3) is 12.1. The van der Waals surface area contributed by atoms with E-state index in [1.54, 1.807) is 21.0 Å². The maximum absolute atomic E-state index is 14.5.